The van der Waals surface area contributed by atoms with Crippen LogP contribution in [0.3, 0.4) is 0 Å². The molecule has 0 heterocycles. The Morgan fingerprint density at radius 3 is 2.58 bits per heavy atom. The van der Waals surface area contributed by atoms with Crippen molar-refractivity contribution in [1.82, 2.24) is 0 Å². The maximum Gasteiger partial charge on any atom is 0.339 e. The van der Waals surface area contributed by atoms with Crippen molar-refractivity contribution in [2.75, 3.05) is 7.11 Å². The van der Waals surface area contributed by atoms with Gasteiger partial charge in [0, 0.05) is 4.47 Å². The van der Waals surface area contributed by atoms with Gasteiger partial charge in [-0.15, -0.1) is 0 Å². The lowest BCUT2D eigenvalue weighted by Crippen LogP contribution is -2.03. The largest absolute Gasteiger partial charge is 0.489 e. The van der Waals surface area contributed by atoms with Crippen molar-refractivity contribution in [3.63, 3.8) is 0 Å². The van der Waals surface area contributed by atoms with Gasteiger partial charge in [0.15, 0.2) is 0 Å². The molecule has 0 aliphatic rings. The monoisotopic (exact) mass is 320 g/mol. The van der Waals surface area contributed by atoms with E-state index in [2.05, 4.69) is 15.9 Å². The quantitative estimate of drug-likeness (QED) is 0.803. The van der Waals surface area contributed by atoms with E-state index in [1.54, 1.807) is 18.2 Å². The molecule has 0 bridgehead atoms. The van der Waals surface area contributed by atoms with Crippen LogP contribution >= 0.6 is 15.9 Å². The zero-order chi connectivity index (χ0) is 13.7. The van der Waals surface area contributed by atoms with E-state index in [4.69, 9.17) is 9.47 Å². The van der Waals surface area contributed by atoms with E-state index in [1.165, 1.54) is 7.11 Å². The van der Waals surface area contributed by atoms with Crippen LogP contribution in [-0.2, 0) is 11.3 Å². The molecular formula is C15H13BrO3. The summed E-state index contributed by atoms with van der Waals surface area (Å²) < 4.78 is 11.1. The Balaban J connectivity index is 2.11. The van der Waals surface area contributed by atoms with Gasteiger partial charge in [0.2, 0.25) is 0 Å². The normalized spacial score (nSPS) is 10.0. The van der Waals surface area contributed by atoms with Crippen LogP contribution in [-0.4, -0.2) is 13.1 Å². The van der Waals surface area contributed by atoms with Crippen molar-refractivity contribution in [1.29, 1.82) is 0 Å². The molecule has 4 heteroatoms. The first-order valence-corrected chi connectivity index (χ1v) is 6.54. The molecular weight excluding hydrogens is 308 g/mol. The summed E-state index contributed by atoms with van der Waals surface area (Å²) in [5, 5.41) is 0. The summed E-state index contributed by atoms with van der Waals surface area (Å²) in [5.74, 6) is 0.240. The zero-order valence-electron chi connectivity index (χ0n) is 10.4. The summed E-state index contributed by atoms with van der Waals surface area (Å²) >= 11 is 3.31. The van der Waals surface area contributed by atoms with Crippen LogP contribution in [0, 0.1) is 0 Å². The van der Waals surface area contributed by atoms with Crippen LogP contribution in [0.1, 0.15) is 15.9 Å². The van der Waals surface area contributed by atoms with Crippen LogP contribution in [0.15, 0.2) is 53.0 Å². The van der Waals surface area contributed by atoms with Gasteiger partial charge in [-0.1, -0.05) is 30.3 Å². The number of methoxy groups -OCH3 is 1. The topological polar surface area (TPSA) is 35.5 Å². The van der Waals surface area contributed by atoms with Crippen LogP contribution in [0.4, 0.5) is 0 Å². The number of hydrogen-bond acceptors (Lipinski definition) is 3. The highest BCUT2D eigenvalue weighted by Gasteiger charge is 2.11. The molecule has 0 spiro atoms. The maximum atomic E-state index is 11.6. The average molecular weight is 321 g/mol. The first-order valence-electron chi connectivity index (χ1n) is 5.75. The minimum atomic E-state index is -0.392. The van der Waals surface area contributed by atoms with Gasteiger partial charge < -0.3 is 9.47 Å². The highest BCUT2D eigenvalue weighted by molar-refractivity contribution is 9.10. The van der Waals surface area contributed by atoms with E-state index in [1.807, 2.05) is 30.3 Å². The Labute approximate surface area is 120 Å². The summed E-state index contributed by atoms with van der Waals surface area (Å²) in [6.45, 7) is 0.461. The molecule has 0 saturated heterocycles. The fourth-order valence-electron chi connectivity index (χ4n) is 1.60. The molecule has 0 amide bonds. The molecule has 0 fully saturated rings. The van der Waals surface area contributed by atoms with Gasteiger partial charge in [0.1, 0.15) is 12.4 Å². The smallest absolute Gasteiger partial charge is 0.339 e. The second-order valence-corrected chi connectivity index (χ2v) is 4.76. The first kappa shape index (κ1) is 13.6. The Morgan fingerprint density at radius 1 is 1.16 bits per heavy atom. The molecule has 98 valence electrons. The number of carbonyl (C=O) groups is 1. The third-order valence-electron chi connectivity index (χ3n) is 2.59. The Hall–Kier alpha value is -1.81. The molecule has 0 aromatic heterocycles. The number of esters is 1. The molecule has 3 nitrogen and oxygen atoms in total. The Kier molecular flexibility index (Phi) is 4.58. The van der Waals surface area contributed by atoms with Gasteiger partial charge in [-0.05, 0) is 39.7 Å². The van der Waals surface area contributed by atoms with Crippen molar-refractivity contribution in [3.05, 3.63) is 64.1 Å². The second kappa shape index (κ2) is 6.38. The maximum absolute atomic E-state index is 11.6. The highest BCUT2D eigenvalue weighted by Crippen LogP contribution is 2.24. The predicted molar refractivity (Wildman–Crippen MR) is 76.3 cm³/mol. The molecule has 2 rings (SSSR count). The molecule has 2 aromatic carbocycles. The highest BCUT2D eigenvalue weighted by atomic mass is 79.9. The summed E-state index contributed by atoms with van der Waals surface area (Å²) in [6.07, 6.45) is 0. The van der Waals surface area contributed by atoms with E-state index in [0.29, 0.717) is 22.4 Å². The van der Waals surface area contributed by atoms with E-state index >= 15 is 0 Å². The van der Waals surface area contributed by atoms with Crippen molar-refractivity contribution >= 4 is 21.9 Å². The van der Waals surface area contributed by atoms with Gasteiger partial charge in [0.05, 0.1) is 12.7 Å². The van der Waals surface area contributed by atoms with E-state index in [-0.39, 0.29) is 0 Å². The molecule has 0 unspecified atom stereocenters. The molecule has 19 heavy (non-hydrogen) atoms. The van der Waals surface area contributed by atoms with Gasteiger partial charge in [-0.2, -0.15) is 0 Å². The molecule has 0 radical (unpaired) electrons. The second-order valence-electron chi connectivity index (χ2n) is 3.91. The zero-order valence-corrected chi connectivity index (χ0v) is 12.0. The van der Waals surface area contributed by atoms with E-state index < -0.39 is 5.97 Å². The lowest BCUT2D eigenvalue weighted by Gasteiger charge is -2.08. The average Bonchev–Trinajstić information content (AvgIpc) is 2.46. The van der Waals surface area contributed by atoms with Gasteiger partial charge in [-0.25, -0.2) is 4.79 Å². The first-order chi connectivity index (χ1) is 9.20. The van der Waals surface area contributed by atoms with Crippen LogP contribution in [0.5, 0.6) is 5.75 Å². The number of ether oxygens (including phenoxy) is 2. The standard InChI is InChI=1S/C15H13BrO3/c1-18-15(17)13-9-12(7-8-14(13)16)19-10-11-5-3-2-4-6-11/h2-9H,10H2,1H3. The minimum absolute atomic E-state index is 0.392. The van der Waals surface area contributed by atoms with Crippen LogP contribution in [0.25, 0.3) is 0 Å². The van der Waals surface area contributed by atoms with Crippen molar-refractivity contribution in [2.24, 2.45) is 0 Å². The predicted octanol–water partition coefficient (Wildman–Crippen LogP) is 3.81. The molecule has 0 N–H and O–H groups in total. The van der Waals surface area contributed by atoms with Crippen molar-refractivity contribution < 1.29 is 14.3 Å². The summed E-state index contributed by atoms with van der Waals surface area (Å²) in [7, 11) is 1.35. The van der Waals surface area contributed by atoms with Crippen LogP contribution in [0.2, 0.25) is 0 Å². The number of hydrogen-bond donors (Lipinski definition) is 0. The van der Waals surface area contributed by atoms with E-state index in [0.717, 1.165) is 5.56 Å². The number of halogens is 1. The minimum Gasteiger partial charge on any atom is -0.489 e. The molecule has 0 aliphatic carbocycles. The SMILES string of the molecule is COC(=O)c1cc(OCc2ccccc2)ccc1Br. The summed E-state index contributed by atoms with van der Waals surface area (Å²) in [5.41, 5.74) is 1.53. The van der Waals surface area contributed by atoms with Crippen molar-refractivity contribution in [2.45, 2.75) is 6.61 Å². The fraction of sp³-hybridized carbons (Fsp3) is 0.133. The Bertz CT molecular complexity index is 567. The third kappa shape index (κ3) is 3.58. The lowest BCUT2D eigenvalue weighted by molar-refractivity contribution is 0.0599. The van der Waals surface area contributed by atoms with Gasteiger partial charge >= 0.3 is 5.97 Å². The third-order valence-corrected chi connectivity index (χ3v) is 3.28. The van der Waals surface area contributed by atoms with Gasteiger partial charge in [-0.3, -0.25) is 0 Å². The molecule has 0 atom stereocenters. The van der Waals surface area contributed by atoms with Gasteiger partial charge in [0.25, 0.3) is 0 Å². The fourth-order valence-corrected chi connectivity index (χ4v) is 2.01. The summed E-state index contributed by atoms with van der Waals surface area (Å²) in [6, 6.07) is 15.1. The summed E-state index contributed by atoms with van der Waals surface area (Å²) in [4.78, 5) is 11.6. The molecule has 2 aromatic rings. The molecule has 0 aliphatic heterocycles. The number of rotatable bonds is 4. The number of carbonyl (C=O) groups excluding carboxylic acids is 1. The molecule has 0 saturated carbocycles. The number of benzene rings is 2. The lowest BCUT2D eigenvalue weighted by atomic mass is 10.2. The Morgan fingerprint density at radius 2 is 1.89 bits per heavy atom. The van der Waals surface area contributed by atoms with E-state index in [9.17, 15) is 4.79 Å². The van der Waals surface area contributed by atoms with Crippen molar-refractivity contribution in [3.8, 4) is 5.75 Å². The van der Waals surface area contributed by atoms with Crippen LogP contribution < -0.4 is 4.74 Å².